The second-order valence-electron chi connectivity index (χ2n) is 7.30. The summed E-state index contributed by atoms with van der Waals surface area (Å²) in [5, 5.41) is 37.3. The molecule has 0 radical (unpaired) electrons. The van der Waals surface area contributed by atoms with Crippen molar-refractivity contribution < 1.29 is 34.4 Å². The van der Waals surface area contributed by atoms with Crippen LogP contribution in [0.15, 0.2) is 24.3 Å². The summed E-state index contributed by atoms with van der Waals surface area (Å²) in [6.07, 6.45) is 0.215. The van der Waals surface area contributed by atoms with Gasteiger partial charge in [-0.05, 0) is 43.5 Å². The van der Waals surface area contributed by atoms with E-state index in [9.17, 15) is 14.0 Å². The van der Waals surface area contributed by atoms with Crippen LogP contribution in [0.3, 0.4) is 0 Å². The number of anilines is 1. The van der Waals surface area contributed by atoms with Crippen molar-refractivity contribution in [2.45, 2.75) is 38.8 Å². The number of aliphatic hydroxyl groups is 2. The normalized spacial score (nSPS) is 11.3. The number of benzene rings is 2. The molecule has 0 spiro atoms. The van der Waals surface area contributed by atoms with Crippen molar-refractivity contribution >= 4 is 52.2 Å². The van der Waals surface area contributed by atoms with Gasteiger partial charge in [0, 0.05) is 25.3 Å². The molecule has 10 nitrogen and oxygen atoms in total. The van der Waals surface area contributed by atoms with Gasteiger partial charge >= 0.3 is 11.9 Å². The van der Waals surface area contributed by atoms with Crippen LogP contribution in [0.25, 0.3) is 9.69 Å². The highest BCUT2D eigenvalue weighted by molar-refractivity contribution is 6.34. The molecule has 0 aliphatic rings. The predicted molar refractivity (Wildman–Crippen MR) is 139 cm³/mol. The average molecular weight is 557 g/mol. The van der Waals surface area contributed by atoms with Gasteiger partial charge < -0.3 is 31.5 Å². The van der Waals surface area contributed by atoms with Gasteiger partial charge in [-0.2, -0.15) is 0 Å². The maximum absolute atomic E-state index is 12.7. The predicted octanol–water partition coefficient (Wildman–Crippen LogP) is 4.57. The van der Waals surface area contributed by atoms with Crippen molar-refractivity contribution in [3.8, 4) is 0 Å². The molecule has 0 heterocycles. The number of hydrogen-bond donors (Lipinski definition) is 6. The Morgan fingerprint density at radius 3 is 1.84 bits per heavy atom. The summed E-state index contributed by atoms with van der Waals surface area (Å²) in [6.45, 7) is 16.4. The summed E-state index contributed by atoms with van der Waals surface area (Å²) in [6, 6.07) is 3.96. The lowest BCUT2D eigenvalue weighted by atomic mass is 10.1. The summed E-state index contributed by atoms with van der Waals surface area (Å²) in [5.41, 5.74) is 7.09. The highest BCUT2D eigenvalue weighted by Gasteiger charge is 2.18. The molecule has 7 N–H and O–H groups in total. The van der Waals surface area contributed by atoms with Crippen LogP contribution in [-0.4, -0.2) is 57.7 Å². The molecule has 0 amide bonds. The molecular weight excluding hydrogens is 530 g/mol. The second-order valence-corrected chi connectivity index (χ2v) is 8.06. The Morgan fingerprint density at radius 1 is 0.946 bits per heavy atom. The standard InChI is InChI=1S/C12H13ClN2O3.C8H5ClFN.C4H9NO3/c1-7-8(3-4-9(14-2)11(7)13)15-10(5-6-16)12(17)18;1-5-6(10)3-4-7(11-2)8(5)9;5-3(1-2-6)4(7)8/h3-4,10,15-16H,5-6H2,1H3,(H,17,18);3-4H,1H3;3,6H,1-2,5H2,(H,7,8)/t10-;;3-/m1.1/s1. The first-order valence-electron chi connectivity index (χ1n) is 10.5. The molecule has 0 fully saturated rings. The molecule has 0 aromatic heterocycles. The van der Waals surface area contributed by atoms with Gasteiger partial charge in [-0.15, -0.1) is 0 Å². The number of aliphatic hydroxyl groups excluding tert-OH is 2. The number of nitrogens with two attached hydrogens (primary N) is 1. The first kappa shape index (κ1) is 33.5. The van der Waals surface area contributed by atoms with Gasteiger partial charge in [-0.1, -0.05) is 35.3 Å². The van der Waals surface area contributed by atoms with Gasteiger partial charge in [0.1, 0.15) is 17.9 Å². The molecule has 0 unspecified atom stereocenters. The van der Waals surface area contributed by atoms with Gasteiger partial charge in [0.2, 0.25) is 11.4 Å². The van der Waals surface area contributed by atoms with E-state index in [1.54, 1.807) is 19.9 Å². The summed E-state index contributed by atoms with van der Waals surface area (Å²) < 4.78 is 12.7. The third kappa shape index (κ3) is 11.0. The zero-order valence-corrected chi connectivity index (χ0v) is 21.5. The van der Waals surface area contributed by atoms with E-state index in [2.05, 4.69) is 15.0 Å². The van der Waals surface area contributed by atoms with Crippen LogP contribution in [0, 0.1) is 32.8 Å². The molecule has 2 rings (SSSR count). The van der Waals surface area contributed by atoms with E-state index in [0.717, 1.165) is 0 Å². The van der Waals surface area contributed by atoms with E-state index in [4.69, 9.17) is 62.5 Å². The zero-order valence-electron chi connectivity index (χ0n) is 20.0. The highest BCUT2D eigenvalue weighted by atomic mass is 35.5. The van der Waals surface area contributed by atoms with E-state index < -0.39 is 24.0 Å². The fraction of sp³-hybridized carbons (Fsp3) is 0.333. The minimum Gasteiger partial charge on any atom is -0.480 e. The molecule has 0 aliphatic carbocycles. The molecule has 2 aromatic rings. The topological polar surface area (TPSA) is 162 Å². The Morgan fingerprint density at radius 2 is 1.43 bits per heavy atom. The number of carbonyl (C=O) groups is 2. The summed E-state index contributed by atoms with van der Waals surface area (Å²) in [7, 11) is 0. The number of nitrogens with zero attached hydrogens (tertiary/aromatic N) is 2. The van der Waals surface area contributed by atoms with Crippen molar-refractivity contribution in [2.24, 2.45) is 5.73 Å². The molecule has 13 heteroatoms. The zero-order chi connectivity index (χ0) is 28.7. The van der Waals surface area contributed by atoms with Crippen molar-refractivity contribution in [1.29, 1.82) is 0 Å². The van der Waals surface area contributed by atoms with Gasteiger partial charge in [-0.3, -0.25) is 4.79 Å². The Labute approximate surface area is 223 Å². The van der Waals surface area contributed by atoms with Gasteiger partial charge in [-0.25, -0.2) is 18.9 Å². The minimum absolute atomic E-state index is 0.0942. The second kappa shape index (κ2) is 17.1. The Bertz CT molecular complexity index is 1170. The summed E-state index contributed by atoms with van der Waals surface area (Å²) in [4.78, 5) is 27.2. The fourth-order valence-electron chi connectivity index (χ4n) is 2.48. The van der Waals surface area contributed by atoms with Crippen molar-refractivity contribution in [1.82, 2.24) is 0 Å². The maximum Gasteiger partial charge on any atom is 0.326 e. The number of rotatable bonds is 8. The van der Waals surface area contributed by atoms with E-state index in [1.165, 1.54) is 18.2 Å². The van der Waals surface area contributed by atoms with Gasteiger partial charge in [0.25, 0.3) is 0 Å². The molecular formula is C24H27Cl2FN4O6. The largest absolute Gasteiger partial charge is 0.480 e. The van der Waals surface area contributed by atoms with Crippen molar-refractivity contribution in [2.75, 3.05) is 18.5 Å². The fourth-order valence-corrected chi connectivity index (χ4v) is 2.89. The molecule has 0 saturated carbocycles. The van der Waals surface area contributed by atoms with Gasteiger partial charge in [0.15, 0.2) is 0 Å². The third-order valence-corrected chi connectivity index (χ3v) is 5.66. The minimum atomic E-state index is -1.07. The SMILES string of the molecule is N[C@H](CCO)C(=O)O.[C-]#[N+]c1ccc(F)c(C)c1Cl.[C-]#[N+]c1ccc(N[C@H](CCO)C(=O)O)c(C)c1Cl. The first-order valence-corrected chi connectivity index (χ1v) is 11.3. The van der Waals surface area contributed by atoms with Crippen LogP contribution in [0.2, 0.25) is 10.0 Å². The highest BCUT2D eigenvalue weighted by Crippen LogP contribution is 2.33. The van der Waals surface area contributed by atoms with Crippen LogP contribution in [-0.2, 0) is 9.59 Å². The molecule has 2 atom stereocenters. The maximum atomic E-state index is 12.7. The lowest BCUT2D eigenvalue weighted by Gasteiger charge is -2.17. The number of carboxylic acid groups (broad SMARTS) is 2. The van der Waals surface area contributed by atoms with Gasteiger partial charge in [0.05, 0.1) is 23.2 Å². The number of nitrogens with one attached hydrogen (secondary N) is 1. The molecule has 0 bridgehead atoms. The smallest absolute Gasteiger partial charge is 0.326 e. The van der Waals surface area contributed by atoms with E-state index >= 15 is 0 Å². The van der Waals surface area contributed by atoms with E-state index in [-0.39, 0.29) is 36.9 Å². The number of carboxylic acids is 2. The summed E-state index contributed by atoms with van der Waals surface area (Å²) >= 11 is 11.6. The molecule has 0 saturated heterocycles. The lowest BCUT2D eigenvalue weighted by molar-refractivity contribution is -0.139. The van der Waals surface area contributed by atoms with Crippen LogP contribution in [0.5, 0.6) is 0 Å². The quantitative estimate of drug-likeness (QED) is 0.257. The summed E-state index contributed by atoms with van der Waals surface area (Å²) in [5.74, 6) is -2.49. The number of halogens is 3. The Balaban J connectivity index is 0.000000580. The molecule has 37 heavy (non-hydrogen) atoms. The molecule has 200 valence electrons. The first-order chi connectivity index (χ1) is 17.4. The van der Waals surface area contributed by atoms with E-state index in [0.29, 0.717) is 33.2 Å². The number of hydrogen-bond acceptors (Lipinski definition) is 6. The Hall–Kier alpha value is -3.45. The van der Waals surface area contributed by atoms with Crippen molar-refractivity contribution in [3.63, 3.8) is 0 Å². The van der Waals surface area contributed by atoms with E-state index in [1.807, 2.05) is 0 Å². The third-order valence-electron chi connectivity index (χ3n) is 4.71. The van der Waals surface area contributed by atoms with Crippen LogP contribution in [0.1, 0.15) is 24.0 Å². The average Bonchev–Trinajstić information content (AvgIpc) is 2.86. The van der Waals surface area contributed by atoms with Crippen LogP contribution >= 0.6 is 23.2 Å². The monoisotopic (exact) mass is 556 g/mol. The van der Waals surface area contributed by atoms with Crippen LogP contribution in [0.4, 0.5) is 21.5 Å². The van der Waals surface area contributed by atoms with Crippen LogP contribution < -0.4 is 11.1 Å². The molecule has 0 aliphatic heterocycles. The lowest BCUT2D eigenvalue weighted by Crippen LogP contribution is -2.30. The Kier molecular flexibility index (Phi) is 15.5. The number of aliphatic carboxylic acids is 2. The van der Waals surface area contributed by atoms with Crippen molar-refractivity contribution in [3.05, 3.63) is 74.1 Å². The molecule has 2 aromatic carbocycles.